The van der Waals surface area contributed by atoms with Crippen molar-refractivity contribution in [1.29, 1.82) is 0 Å². The first-order valence-electron chi connectivity index (χ1n) is 14.1. The molecule has 41 heavy (non-hydrogen) atoms. The van der Waals surface area contributed by atoms with E-state index in [4.69, 9.17) is 0 Å². The van der Waals surface area contributed by atoms with Crippen LogP contribution >= 0.6 is 0 Å². The molecule has 8 aromatic carbocycles. The Kier molecular flexibility index (Phi) is 5.53. The van der Waals surface area contributed by atoms with Crippen molar-refractivity contribution in [3.05, 3.63) is 158 Å². The van der Waals surface area contributed by atoms with E-state index in [0.717, 1.165) is 11.4 Å². The van der Waals surface area contributed by atoms with Gasteiger partial charge in [0.05, 0.1) is 11.4 Å². The van der Waals surface area contributed by atoms with Crippen LogP contribution in [0.2, 0.25) is 0 Å². The van der Waals surface area contributed by atoms with Gasteiger partial charge in [-0.1, -0.05) is 158 Å². The minimum atomic E-state index is 1.14. The highest BCUT2D eigenvalue weighted by Gasteiger charge is 2.19. The average molecular weight is 522 g/mol. The molecule has 0 aliphatic heterocycles. The molecule has 1 N–H and O–H groups in total. The molecule has 0 saturated heterocycles. The van der Waals surface area contributed by atoms with Crippen molar-refractivity contribution in [2.75, 3.05) is 5.32 Å². The summed E-state index contributed by atoms with van der Waals surface area (Å²) in [5.41, 5.74) is 7.29. The maximum Gasteiger partial charge on any atom is 0.0544 e. The standard InChI is InChI=1S/C40H27N/c1-3-15-27(16-4-1)37-29-19-7-11-23-33(29)39(34-24-12-8-20-30(34)37)41-40-35-25-13-9-21-31(35)38(28-17-5-2-6-18-28)32-22-10-14-26-36(32)40/h1-26,41H. The van der Waals surface area contributed by atoms with Crippen LogP contribution in [-0.2, 0) is 0 Å². The Morgan fingerprint density at radius 3 is 0.780 bits per heavy atom. The second-order valence-electron chi connectivity index (χ2n) is 10.5. The monoisotopic (exact) mass is 521 g/mol. The van der Waals surface area contributed by atoms with Gasteiger partial charge in [0, 0.05) is 21.5 Å². The van der Waals surface area contributed by atoms with Gasteiger partial charge in [0.2, 0.25) is 0 Å². The Bertz CT molecular complexity index is 1940. The second kappa shape index (κ2) is 9.66. The zero-order chi connectivity index (χ0) is 27.2. The van der Waals surface area contributed by atoms with E-state index in [1.807, 2.05) is 0 Å². The zero-order valence-electron chi connectivity index (χ0n) is 22.5. The van der Waals surface area contributed by atoms with Gasteiger partial charge in [0.1, 0.15) is 0 Å². The quantitative estimate of drug-likeness (QED) is 0.227. The van der Waals surface area contributed by atoms with Gasteiger partial charge >= 0.3 is 0 Å². The van der Waals surface area contributed by atoms with Gasteiger partial charge < -0.3 is 5.32 Å². The van der Waals surface area contributed by atoms with Crippen molar-refractivity contribution >= 4 is 54.5 Å². The smallest absolute Gasteiger partial charge is 0.0544 e. The number of hydrogen-bond donors (Lipinski definition) is 1. The van der Waals surface area contributed by atoms with Crippen LogP contribution in [-0.4, -0.2) is 0 Å². The molecule has 0 bridgehead atoms. The Morgan fingerprint density at radius 1 is 0.244 bits per heavy atom. The topological polar surface area (TPSA) is 12.0 Å². The Hall–Kier alpha value is -5.40. The molecule has 1 heteroatoms. The Morgan fingerprint density at radius 2 is 0.488 bits per heavy atom. The van der Waals surface area contributed by atoms with Crippen LogP contribution in [0.15, 0.2) is 158 Å². The molecule has 0 spiro atoms. The third-order valence-electron chi connectivity index (χ3n) is 8.24. The normalized spacial score (nSPS) is 11.4. The van der Waals surface area contributed by atoms with Crippen LogP contribution in [0.3, 0.4) is 0 Å². The Balaban J connectivity index is 1.47. The molecular weight excluding hydrogens is 494 g/mol. The SMILES string of the molecule is c1ccc(-c2c3ccccc3c(Nc3c4ccccc4c(-c4ccccc4)c4ccccc34)c3ccccc23)cc1. The first-order valence-corrected chi connectivity index (χ1v) is 14.1. The largest absolute Gasteiger partial charge is 0.353 e. The number of benzene rings is 8. The van der Waals surface area contributed by atoms with Crippen LogP contribution in [0.1, 0.15) is 0 Å². The molecule has 0 atom stereocenters. The van der Waals surface area contributed by atoms with E-state index in [0.29, 0.717) is 0 Å². The molecule has 0 amide bonds. The summed E-state index contributed by atoms with van der Waals surface area (Å²) in [6, 6.07) is 56.7. The summed E-state index contributed by atoms with van der Waals surface area (Å²) < 4.78 is 0. The fourth-order valence-electron chi connectivity index (χ4n) is 6.48. The third kappa shape index (κ3) is 3.78. The van der Waals surface area contributed by atoms with Gasteiger partial charge in [-0.05, 0) is 43.8 Å². The number of rotatable bonds is 4. The molecule has 0 saturated carbocycles. The molecule has 0 radical (unpaired) electrons. The molecular formula is C40H27N. The summed E-state index contributed by atoms with van der Waals surface area (Å²) in [7, 11) is 0. The summed E-state index contributed by atoms with van der Waals surface area (Å²) in [4.78, 5) is 0. The van der Waals surface area contributed by atoms with E-state index in [1.165, 1.54) is 65.3 Å². The second-order valence-corrected chi connectivity index (χ2v) is 10.5. The third-order valence-corrected chi connectivity index (χ3v) is 8.24. The molecule has 1 nitrogen and oxygen atoms in total. The predicted octanol–water partition coefficient (Wildman–Crippen LogP) is 11.4. The van der Waals surface area contributed by atoms with Gasteiger partial charge in [-0.3, -0.25) is 0 Å². The number of nitrogens with one attached hydrogen (secondary N) is 1. The van der Waals surface area contributed by atoms with E-state index in [1.54, 1.807) is 0 Å². The number of anilines is 2. The zero-order valence-corrected chi connectivity index (χ0v) is 22.5. The van der Waals surface area contributed by atoms with Crippen LogP contribution in [0.25, 0.3) is 65.3 Å². The highest BCUT2D eigenvalue weighted by Crippen LogP contribution is 2.47. The molecule has 192 valence electrons. The summed E-state index contributed by atoms with van der Waals surface area (Å²) in [6.45, 7) is 0. The van der Waals surface area contributed by atoms with E-state index in [9.17, 15) is 0 Å². The van der Waals surface area contributed by atoms with Crippen molar-refractivity contribution < 1.29 is 0 Å². The highest BCUT2D eigenvalue weighted by molar-refractivity contribution is 6.25. The molecule has 8 rings (SSSR count). The summed E-state index contributed by atoms with van der Waals surface area (Å²) in [5.74, 6) is 0. The minimum absolute atomic E-state index is 1.14. The predicted molar refractivity (Wildman–Crippen MR) is 177 cm³/mol. The van der Waals surface area contributed by atoms with Crippen LogP contribution in [0.5, 0.6) is 0 Å². The summed E-state index contributed by atoms with van der Waals surface area (Å²) in [5, 5.41) is 13.9. The molecule has 0 aromatic heterocycles. The highest BCUT2D eigenvalue weighted by atomic mass is 14.9. The van der Waals surface area contributed by atoms with E-state index in [-0.39, 0.29) is 0 Å². The molecule has 0 aliphatic rings. The lowest BCUT2D eigenvalue weighted by Crippen LogP contribution is -1.98. The van der Waals surface area contributed by atoms with Crippen molar-refractivity contribution in [3.8, 4) is 22.3 Å². The first-order chi connectivity index (χ1) is 20.4. The molecule has 0 aliphatic carbocycles. The summed E-state index contributed by atoms with van der Waals surface area (Å²) in [6.07, 6.45) is 0. The minimum Gasteiger partial charge on any atom is -0.353 e. The van der Waals surface area contributed by atoms with E-state index in [2.05, 4.69) is 163 Å². The molecule has 8 aromatic rings. The summed E-state index contributed by atoms with van der Waals surface area (Å²) >= 11 is 0. The van der Waals surface area contributed by atoms with Gasteiger partial charge in [0.15, 0.2) is 0 Å². The first kappa shape index (κ1) is 23.5. The lowest BCUT2D eigenvalue weighted by atomic mass is 9.89. The van der Waals surface area contributed by atoms with Crippen molar-refractivity contribution in [3.63, 3.8) is 0 Å². The lowest BCUT2D eigenvalue weighted by molar-refractivity contribution is 1.63. The molecule has 0 fully saturated rings. The number of fused-ring (bicyclic) bond motifs is 4. The average Bonchev–Trinajstić information content (AvgIpc) is 3.05. The van der Waals surface area contributed by atoms with Gasteiger partial charge in [0.25, 0.3) is 0 Å². The fourth-order valence-corrected chi connectivity index (χ4v) is 6.48. The van der Waals surface area contributed by atoms with Crippen molar-refractivity contribution in [1.82, 2.24) is 0 Å². The Labute approximate surface area is 239 Å². The van der Waals surface area contributed by atoms with Gasteiger partial charge in [-0.25, -0.2) is 0 Å². The fraction of sp³-hybridized carbons (Fsp3) is 0. The van der Waals surface area contributed by atoms with Crippen molar-refractivity contribution in [2.24, 2.45) is 0 Å². The van der Waals surface area contributed by atoms with E-state index >= 15 is 0 Å². The number of hydrogen-bond acceptors (Lipinski definition) is 1. The van der Waals surface area contributed by atoms with Gasteiger partial charge in [-0.2, -0.15) is 0 Å². The van der Waals surface area contributed by atoms with E-state index < -0.39 is 0 Å². The van der Waals surface area contributed by atoms with Crippen LogP contribution in [0.4, 0.5) is 11.4 Å². The van der Waals surface area contributed by atoms with Crippen molar-refractivity contribution in [2.45, 2.75) is 0 Å². The maximum atomic E-state index is 4.03. The van der Waals surface area contributed by atoms with Crippen LogP contribution < -0.4 is 5.32 Å². The van der Waals surface area contributed by atoms with Gasteiger partial charge in [-0.15, -0.1) is 0 Å². The molecule has 0 unspecified atom stereocenters. The maximum absolute atomic E-state index is 4.03. The lowest BCUT2D eigenvalue weighted by Gasteiger charge is -2.22. The molecule has 0 heterocycles. The van der Waals surface area contributed by atoms with Crippen LogP contribution in [0, 0.1) is 0 Å².